The van der Waals surface area contributed by atoms with Gasteiger partial charge in [-0.1, -0.05) is 194 Å². The molecule has 0 saturated carbocycles. The van der Waals surface area contributed by atoms with Gasteiger partial charge in [-0.25, -0.2) is 15.0 Å². The predicted octanol–water partition coefficient (Wildman–Crippen LogP) is 15.9. The number of hydrogen-bond acceptors (Lipinski definition) is 3. The SMILES string of the molecule is c1ccc(-c2ccc3c(-c4nc(-c5ccc6ccccc6c5)nc(-c5ccccc5-c5ccccc5)n4)ccc(-n4c5cc6ccccc6cc5c5ccc6ccccc6c54)c3c2)cc1. The lowest BCUT2D eigenvalue weighted by Gasteiger charge is -2.17. The first kappa shape index (κ1) is 36.9. The lowest BCUT2D eigenvalue weighted by atomic mass is 9.96. The fourth-order valence-electron chi connectivity index (χ4n) is 9.87. The van der Waals surface area contributed by atoms with E-state index in [2.05, 4.69) is 229 Å². The standard InChI is InChI=1S/C61H38N4/c1-3-15-39(16-4-1)46-30-31-50-53(33-34-56(54(50)37-46)65-57-38-45-23-10-9-22-44(45)36-55(57)51-32-29-42-20-11-12-25-49(42)58(51)65)61-63-59(47-28-27-40-17-7-8-21-43(40)35-47)62-60(64-61)52-26-14-13-24-48(52)41-18-5-2-6-19-41/h1-38H. The molecular formula is C61H38N4. The van der Waals surface area contributed by atoms with Crippen molar-refractivity contribution in [1.29, 1.82) is 0 Å². The Morgan fingerprint density at radius 2 is 0.831 bits per heavy atom. The minimum atomic E-state index is 0.615. The van der Waals surface area contributed by atoms with Crippen molar-refractivity contribution in [3.8, 4) is 62.1 Å². The van der Waals surface area contributed by atoms with Crippen molar-refractivity contribution >= 4 is 64.9 Å². The van der Waals surface area contributed by atoms with Crippen LogP contribution in [-0.4, -0.2) is 19.5 Å². The van der Waals surface area contributed by atoms with E-state index in [0.717, 1.165) is 66.3 Å². The summed E-state index contributed by atoms with van der Waals surface area (Å²) >= 11 is 0. The Morgan fingerprint density at radius 1 is 0.262 bits per heavy atom. The zero-order valence-electron chi connectivity index (χ0n) is 35.2. The number of benzene rings is 11. The summed E-state index contributed by atoms with van der Waals surface area (Å²) in [6, 6.07) is 82.5. The van der Waals surface area contributed by atoms with E-state index in [-0.39, 0.29) is 0 Å². The molecule has 0 spiro atoms. The molecule has 2 aromatic heterocycles. The molecule has 0 amide bonds. The molecule has 65 heavy (non-hydrogen) atoms. The summed E-state index contributed by atoms with van der Waals surface area (Å²) in [5.74, 6) is 1.86. The summed E-state index contributed by atoms with van der Waals surface area (Å²) in [6.07, 6.45) is 0. The molecular weight excluding hydrogens is 789 g/mol. The van der Waals surface area contributed by atoms with Gasteiger partial charge in [-0.3, -0.25) is 0 Å². The maximum absolute atomic E-state index is 5.42. The fourth-order valence-corrected chi connectivity index (χ4v) is 9.87. The Morgan fingerprint density at radius 3 is 1.62 bits per heavy atom. The van der Waals surface area contributed by atoms with E-state index in [9.17, 15) is 0 Å². The van der Waals surface area contributed by atoms with E-state index in [1.807, 2.05) is 6.07 Å². The molecule has 0 fully saturated rings. The Balaban J connectivity index is 1.12. The highest BCUT2D eigenvalue weighted by Crippen LogP contribution is 2.43. The van der Waals surface area contributed by atoms with Gasteiger partial charge in [0.1, 0.15) is 0 Å². The molecule has 11 aromatic carbocycles. The smallest absolute Gasteiger partial charge is 0.164 e. The molecule has 302 valence electrons. The van der Waals surface area contributed by atoms with Crippen LogP contribution in [-0.2, 0) is 0 Å². The topological polar surface area (TPSA) is 43.6 Å². The lowest BCUT2D eigenvalue weighted by Crippen LogP contribution is -2.02. The van der Waals surface area contributed by atoms with Crippen LogP contribution in [0.3, 0.4) is 0 Å². The average Bonchev–Trinajstić information content (AvgIpc) is 3.70. The van der Waals surface area contributed by atoms with Crippen LogP contribution in [0.25, 0.3) is 127 Å². The first-order chi connectivity index (χ1) is 32.2. The van der Waals surface area contributed by atoms with Crippen molar-refractivity contribution < 1.29 is 0 Å². The third kappa shape index (κ3) is 6.18. The van der Waals surface area contributed by atoms with Crippen molar-refractivity contribution in [3.63, 3.8) is 0 Å². The summed E-state index contributed by atoms with van der Waals surface area (Å²) in [5, 5.41) is 11.7. The largest absolute Gasteiger partial charge is 0.308 e. The Bertz CT molecular complexity index is 4000. The van der Waals surface area contributed by atoms with Gasteiger partial charge >= 0.3 is 0 Å². The third-order valence-corrected chi connectivity index (χ3v) is 13.0. The van der Waals surface area contributed by atoms with Gasteiger partial charge in [0.25, 0.3) is 0 Å². The molecule has 13 aromatic rings. The minimum Gasteiger partial charge on any atom is -0.308 e. The summed E-state index contributed by atoms with van der Waals surface area (Å²) in [6.45, 7) is 0. The molecule has 0 aliphatic heterocycles. The van der Waals surface area contributed by atoms with Crippen LogP contribution in [0, 0.1) is 0 Å². The summed E-state index contributed by atoms with van der Waals surface area (Å²) in [4.78, 5) is 16.1. The van der Waals surface area contributed by atoms with E-state index >= 15 is 0 Å². The first-order valence-electron chi connectivity index (χ1n) is 22.1. The molecule has 0 aliphatic carbocycles. The van der Waals surface area contributed by atoms with E-state index in [0.29, 0.717) is 17.5 Å². The van der Waals surface area contributed by atoms with Crippen molar-refractivity contribution in [1.82, 2.24) is 19.5 Å². The summed E-state index contributed by atoms with van der Waals surface area (Å²) in [7, 11) is 0. The second-order valence-electron chi connectivity index (χ2n) is 16.8. The van der Waals surface area contributed by atoms with Crippen LogP contribution in [0.1, 0.15) is 0 Å². The van der Waals surface area contributed by atoms with Crippen LogP contribution >= 0.6 is 0 Å². The van der Waals surface area contributed by atoms with E-state index in [1.54, 1.807) is 0 Å². The van der Waals surface area contributed by atoms with Crippen LogP contribution in [0.2, 0.25) is 0 Å². The van der Waals surface area contributed by atoms with Crippen LogP contribution in [0.5, 0.6) is 0 Å². The maximum Gasteiger partial charge on any atom is 0.164 e. The molecule has 0 unspecified atom stereocenters. The molecule has 0 atom stereocenters. The summed E-state index contributed by atoms with van der Waals surface area (Å²) < 4.78 is 2.50. The molecule has 0 aliphatic rings. The number of hydrogen-bond donors (Lipinski definition) is 0. The zero-order chi connectivity index (χ0) is 42.8. The molecule has 13 rings (SSSR count). The molecule has 4 nitrogen and oxygen atoms in total. The normalized spacial score (nSPS) is 11.7. The van der Waals surface area contributed by atoms with Crippen LogP contribution < -0.4 is 0 Å². The van der Waals surface area contributed by atoms with Crippen molar-refractivity contribution in [3.05, 3.63) is 231 Å². The minimum absolute atomic E-state index is 0.615. The first-order valence-corrected chi connectivity index (χ1v) is 22.1. The highest BCUT2D eigenvalue weighted by Gasteiger charge is 2.22. The van der Waals surface area contributed by atoms with E-state index in [4.69, 9.17) is 15.0 Å². The van der Waals surface area contributed by atoms with Gasteiger partial charge < -0.3 is 4.57 Å². The van der Waals surface area contributed by atoms with Gasteiger partial charge in [0.15, 0.2) is 17.5 Å². The maximum atomic E-state index is 5.42. The predicted molar refractivity (Wildman–Crippen MR) is 271 cm³/mol. The van der Waals surface area contributed by atoms with Gasteiger partial charge in [0, 0.05) is 38.2 Å². The number of rotatable bonds is 6. The van der Waals surface area contributed by atoms with E-state index < -0.39 is 0 Å². The quantitative estimate of drug-likeness (QED) is 0.168. The van der Waals surface area contributed by atoms with Gasteiger partial charge in [-0.05, 0) is 91.0 Å². The highest BCUT2D eigenvalue weighted by atomic mass is 15.0. The Labute approximate surface area is 375 Å². The van der Waals surface area contributed by atoms with Crippen LogP contribution in [0.15, 0.2) is 231 Å². The zero-order valence-corrected chi connectivity index (χ0v) is 35.2. The second kappa shape index (κ2) is 15.0. The fraction of sp³-hybridized carbons (Fsp3) is 0. The van der Waals surface area contributed by atoms with Crippen molar-refractivity contribution in [2.45, 2.75) is 0 Å². The van der Waals surface area contributed by atoms with Crippen molar-refractivity contribution in [2.75, 3.05) is 0 Å². The average molecular weight is 827 g/mol. The van der Waals surface area contributed by atoms with E-state index in [1.165, 1.54) is 43.2 Å². The Hall–Kier alpha value is -8.73. The highest BCUT2D eigenvalue weighted by molar-refractivity contribution is 6.21. The molecule has 0 saturated heterocycles. The Kier molecular flexibility index (Phi) is 8.50. The number of aromatic nitrogens is 4. The number of nitrogens with zero attached hydrogens (tertiary/aromatic N) is 4. The molecule has 4 heteroatoms. The van der Waals surface area contributed by atoms with Gasteiger partial charge in [0.2, 0.25) is 0 Å². The third-order valence-electron chi connectivity index (χ3n) is 13.0. The molecule has 2 heterocycles. The number of fused-ring (bicyclic) bond motifs is 8. The molecule has 0 N–H and O–H groups in total. The molecule has 0 radical (unpaired) electrons. The van der Waals surface area contributed by atoms with Crippen LogP contribution in [0.4, 0.5) is 0 Å². The second-order valence-corrected chi connectivity index (χ2v) is 16.8. The summed E-state index contributed by atoms with van der Waals surface area (Å²) in [5.41, 5.74) is 10.7. The van der Waals surface area contributed by atoms with Crippen molar-refractivity contribution in [2.24, 2.45) is 0 Å². The van der Waals surface area contributed by atoms with Gasteiger partial charge in [-0.15, -0.1) is 0 Å². The monoisotopic (exact) mass is 826 g/mol. The lowest BCUT2D eigenvalue weighted by molar-refractivity contribution is 1.08. The molecule has 0 bridgehead atoms. The van der Waals surface area contributed by atoms with Gasteiger partial charge in [-0.2, -0.15) is 0 Å². The van der Waals surface area contributed by atoms with Gasteiger partial charge in [0.05, 0.1) is 16.7 Å².